The molecule has 0 spiro atoms. The average molecular weight is 482 g/mol. The molecule has 156 valence electrons. The summed E-state index contributed by atoms with van der Waals surface area (Å²) in [5.41, 5.74) is 0. The van der Waals surface area contributed by atoms with Crippen LogP contribution < -0.4 is 56.5 Å². The van der Waals surface area contributed by atoms with Crippen LogP contribution in [0.15, 0.2) is 0 Å². The Labute approximate surface area is 181 Å². The van der Waals surface area contributed by atoms with Gasteiger partial charge in [-0.3, -0.25) is 4.74 Å². The smallest absolute Gasteiger partial charge is 0.544 e. The van der Waals surface area contributed by atoms with Crippen LogP contribution in [-0.4, -0.2) is 49.6 Å². The van der Waals surface area contributed by atoms with Gasteiger partial charge in [0, 0.05) is 0 Å². The first-order chi connectivity index (χ1) is 10.9. The fraction of sp³-hybridized carbons (Fsp3) is 0.857. The summed E-state index contributed by atoms with van der Waals surface area (Å²) >= 11 is 0. The first-order valence-corrected chi connectivity index (χ1v) is 6.41. The van der Waals surface area contributed by atoms with Crippen molar-refractivity contribution in [3.63, 3.8) is 0 Å². The maximum Gasteiger partial charge on any atom is 1.00 e. The molecule has 1 unspecified atom stereocenters. The molecule has 0 aromatic carbocycles. The zero-order valence-electron chi connectivity index (χ0n) is 11.9. The van der Waals surface area contributed by atoms with Gasteiger partial charge in [-0.2, -0.15) is 61.1 Å². The number of carbonyl (C=O) groups excluding carboxylic acids is 1. The third kappa shape index (κ3) is 4.65. The number of halogens is 13. The van der Waals surface area contributed by atoms with E-state index in [0.717, 1.165) is 0 Å². The van der Waals surface area contributed by atoms with E-state index in [0.29, 0.717) is 0 Å². The van der Waals surface area contributed by atoms with Gasteiger partial charge < -0.3 is 9.90 Å². The van der Waals surface area contributed by atoms with E-state index >= 15 is 0 Å². The average Bonchev–Trinajstić information content (AvgIpc) is 2.34. The Morgan fingerprint density at radius 3 is 1.33 bits per heavy atom. The van der Waals surface area contributed by atoms with Gasteiger partial charge in [0.15, 0.2) is 0 Å². The second kappa shape index (κ2) is 7.74. The van der Waals surface area contributed by atoms with Crippen LogP contribution in [0.25, 0.3) is 0 Å². The molecule has 0 saturated carbocycles. The second-order valence-corrected chi connectivity index (χ2v) is 5.49. The largest absolute Gasteiger partial charge is 1.00 e. The van der Waals surface area contributed by atoms with Crippen LogP contribution in [0.2, 0.25) is 0 Å². The molecule has 5 nitrogen and oxygen atoms in total. The van der Waals surface area contributed by atoms with Crippen molar-refractivity contribution in [3.05, 3.63) is 0 Å². The van der Waals surface area contributed by atoms with E-state index in [1.54, 1.807) is 0 Å². The van der Waals surface area contributed by atoms with E-state index in [9.17, 15) is 74.9 Å². The van der Waals surface area contributed by atoms with Gasteiger partial charge in [-0.05, 0) is 0 Å². The molecule has 0 aromatic heterocycles. The number of hydrogen-bond acceptors (Lipinski definition) is 5. The molecule has 0 aliphatic carbocycles. The van der Waals surface area contributed by atoms with Gasteiger partial charge in [-0.1, -0.05) is 3.89 Å². The fourth-order valence-electron chi connectivity index (χ4n) is 0.975. The van der Waals surface area contributed by atoms with Crippen LogP contribution in [0.4, 0.5) is 56.6 Å². The first-order valence-electron chi connectivity index (χ1n) is 5.03. The van der Waals surface area contributed by atoms with Crippen molar-refractivity contribution in [3.8, 4) is 0 Å². The fourth-order valence-corrected chi connectivity index (χ4v) is 1.41. The summed E-state index contributed by atoms with van der Waals surface area (Å²) in [6, 6.07) is 0. The molecule has 0 heterocycles. The molecule has 0 radical (unpaired) electrons. The zero-order chi connectivity index (χ0) is 21.8. The van der Waals surface area contributed by atoms with Crippen molar-refractivity contribution in [1.29, 1.82) is 0 Å². The van der Waals surface area contributed by atoms with Crippen molar-refractivity contribution in [1.82, 2.24) is 0 Å². The number of carboxylic acids is 1. The number of hydrogen-bond donors (Lipinski definition) is 0. The number of alkyl halides is 12. The predicted octanol–water partition coefficient (Wildman–Crippen LogP) is -1.26. The van der Waals surface area contributed by atoms with E-state index in [4.69, 9.17) is 0 Å². The van der Waals surface area contributed by atoms with Crippen LogP contribution in [0, 0.1) is 0 Å². The molecule has 0 aliphatic heterocycles. The quantitative estimate of drug-likeness (QED) is 0.257. The molecular formula is C7F13KO5S. The van der Waals surface area contributed by atoms with E-state index in [1.165, 1.54) is 4.74 Å². The zero-order valence-corrected chi connectivity index (χ0v) is 15.8. The van der Waals surface area contributed by atoms with Gasteiger partial charge in [0.2, 0.25) is 0 Å². The number of carbonyl (C=O) groups is 1. The molecule has 0 aromatic rings. The summed E-state index contributed by atoms with van der Waals surface area (Å²) in [7, 11) is -8.09. The molecule has 0 amide bonds. The van der Waals surface area contributed by atoms with Gasteiger partial charge >= 0.3 is 96.8 Å². The Kier molecular flexibility index (Phi) is 8.40. The Hall–Kier alpha value is 0.106. The first kappa shape index (κ1) is 29.3. The summed E-state index contributed by atoms with van der Waals surface area (Å²) in [6.45, 7) is 0. The summed E-state index contributed by atoms with van der Waals surface area (Å²) in [5, 5.41) is 2.19. The Bertz CT molecular complexity index is 673. The number of rotatable bonds is 7. The van der Waals surface area contributed by atoms with Crippen LogP contribution in [0.1, 0.15) is 0 Å². The number of carboxylic acid groups (broad SMARTS) is 1. The summed E-state index contributed by atoms with van der Waals surface area (Å²) in [6.07, 6.45) is -15.0. The van der Waals surface area contributed by atoms with E-state index < -0.39 is 51.4 Å². The van der Waals surface area contributed by atoms with E-state index in [2.05, 4.69) is 0 Å². The molecular weight excluding hydrogens is 482 g/mol. The standard InChI is InChI=1S/C7HF13O5S.K/c8-2(1(21)22,5(13,14)15)25-6(16,17)3(9,10)4(11,12)7(18,19)26(20,23)24;/h(H,21,22);/q;+1/p-1. The topological polar surface area (TPSA) is 83.5 Å². The molecule has 0 fully saturated rings. The second-order valence-electron chi connectivity index (χ2n) is 4.10. The SMILES string of the molecule is O=C([O-])C(F)(OC(F)(F)C(F)(F)C(F)(F)C(F)(F)S(=O)(=O)F)C(F)(F)F.[K+]. The van der Waals surface area contributed by atoms with Crippen molar-refractivity contribution in [2.45, 2.75) is 35.2 Å². The third-order valence-corrected chi connectivity index (χ3v) is 3.20. The predicted molar refractivity (Wildman–Crippen MR) is 45.8 cm³/mol. The molecule has 0 rings (SSSR count). The monoisotopic (exact) mass is 482 g/mol. The molecule has 0 bridgehead atoms. The summed E-state index contributed by atoms with van der Waals surface area (Å²) in [4.78, 5) is 9.88. The maximum absolute atomic E-state index is 12.9. The Balaban J connectivity index is 0. The van der Waals surface area contributed by atoms with E-state index in [-0.39, 0.29) is 51.4 Å². The minimum Gasteiger partial charge on any atom is -0.544 e. The van der Waals surface area contributed by atoms with Crippen LogP contribution in [0.5, 0.6) is 0 Å². The minimum atomic E-state index is -8.10. The maximum atomic E-state index is 12.9. The number of aliphatic carboxylic acids is 1. The van der Waals surface area contributed by atoms with Crippen molar-refractivity contribution < 1.29 is 131 Å². The van der Waals surface area contributed by atoms with Crippen molar-refractivity contribution in [2.75, 3.05) is 0 Å². The normalized spacial score (nSPS) is 17.1. The van der Waals surface area contributed by atoms with Crippen molar-refractivity contribution >= 4 is 16.2 Å². The van der Waals surface area contributed by atoms with E-state index in [1.807, 2.05) is 0 Å². The van der Waals surface area contributed by atoms with Gasteiger partial charge in [0.05, 0.1) is 0 Å². The molecule has 27 heavy (non-hydrogen) atoms. The molecule has 0 saturated heterocycles. The number of ether oxygens (including phenoxy) is 1. The molecule has 20 heteroatoms. The van der Waals surface area contributed by atoms with Gasteiger partial charge in [-0.25, -0.2) is 0 Å². The van der Waals surface area contributed by atoms with Gasteiger partial charge in [0.25, 0.3) is 0 Å². The van der Waals surface area contributed by atoms with Crippen molar-refractivity contribution in [2.24, 2.45) is 0 Å². The summed E-state index contributed by atoms with van der Waals surface area (Å²) in [5.74, 6) is -27.5. The van der Waals surface area contributed by atoms with Crippen LogP contribution in [0.3, 0.4) is 0 Å². The van der Waals surface area contributed by atoms with Crippen LogP contribution >= 0.6 is 0 Å². The molecule has 0 aliphatic rings. The van der Waals surface area contributed by atoms with Gasteiger partial charge in [0.1, 0.15) is 5.97 Å². The molecule has 0 N–H and O–H groups in total. The summed E-state index contributed by atoms with van der Waals surface area (Å²) < 4.78 is 184. The molecule has 1 atom stereocenters. The minimum absolute atomic E-state index is 0. The third-order valence-electron chi connectivity index (χ3n) is 2.33. The van der Waals surface area contributed by atoms with Gasteiger partial charge in [-0.15, -0.1) is 0 Å². The Morgan fingerprint density at radius 2 is 1.11 bits per heavy atom. The van der Waals surface area contributed by atoms with Crippen LogP contribution in [-0.2, 0) is 19.8 Å². The Morgan fingerprint density at radius 1 is 0.778 bits per heavy atom.